The average molecular weight is 602 g/mol. The number of rotatable bonds is 11. The first kappa shape index (κ1) is 30.6. The zero-order valence-corrected chi connectivity index (χ0v) is 25.9. The molecule has 2 aliphatic heterocycles. The second-order valence-electron chi connectivity index (χ2n) is 11.3. The molecule has 0 spiro atoms. The van der Waals surface area contributed by atoms with Gasteiger partial charge < -0.3 is 24.6 Å². The summed E-state index contributed by atoms with van der Waals surface area (Å²) in [5.41, 5.74) is 5.33. The Labute approximate surface area is 259 Å². The number of carbonyl (C=O) groups excluding carboxylic acids is 2. The molecule has 3 aromatic rings. The lowest BCUT2D eigenvalue weighted by atomic mass is 9.82. The molecule has 0 aromatic heterocycles. The number of fused-ring (bicyclic) bond motifs is 2. The van der Waals surface area contributed by atoms with Crippen LogP contribution in [0, 0.1) is 0 Å². The molecule has 3 aromatic carbocycles. The highest BCUT2D eigenvalue weighted by molar-refractivity contribution is 6.30. The fraction of sp³-hybridized carbons (Fsp3) is 0.371. The fourth-order valence-electron chi connectivity index (χ4n) is 5.96. The van der Waals surface area contributed by atoms with E-state index in [1.807, 2.05) is 41.1 Å². The molecule has 2 atom stereocenters. The van der Waals surface area contributed by atoms with Gasteiger partial charge in [0, 0.05) is 56.3 Å². The number of methoxy groups -OCH3 is 1. The molecule has 0 radical (unpaired) electrons. The third kappa shape index (κ3) is 7.59. The van der Waals surface area contributed by atoms with Crippen molar-refractivity contribution < 1.29 is 19.1 Å². The third-order valence-electron chi connectivity index (χ3n) is 8.30. The molecular formula is C35H40ClN3O4. The van der Waals surface area contributed by atoms with Gasteiger partial charge in [-0.1, -0.05) is 66.2 Å². The second-order valence-corrected chi connectivity index (χ2v) is 11.8. The van der Waals surface area contributed by atoms with Crippen LogP contribution in [-0.4, -0.2) is 74.1 Å². The van der Waals surface area contributed by atoms with Crippen LogP contribution in [0.3, 0.4) is 0 Å². The van der Waals surface area contributed by atoms with Crippen LogP contribution in [0.2, 0.25) is 5.02 Å². The smallest absolute Gasteiger partial charge is 0.251 e. The van der Waals surface area contributed by atoms with Crippen LogP contribution >= 0.6 is 11.6 Å². The Morgan fingerprint density at radius 3 is 2.44 bits per heavy atom. The zero-order chi connectivity index (χ0) is 30.3. The minimum atomic E-state index is -0.195. The van der Waals surface area contributed by atoms with Gasteiger partial charge in [0.1, 0.15) is 0 Å². The number of carbonyl (C=O) groups is 2. The molecule has 1 saturated heterocycles. The minimum Gasteiger partial charge on any atom is -0.493 e. The topological polar surface area (TPSA) is 71.1 Å². The highest BCUT2D eigenvalue weighted by Gasteiger charge is 2.39. The number of likely N-dealkylation sites (N-methyl/N-ethyl adjacent to an activating group) is 1. The van der Waals surface area contributed by atoms with E-state index in [0.717, 1.165) is 36.0 Å². The van der Waals surface area contributed by atoms with Crippen molar-refractivity contribution in [3.63, 3.8) is 0 Å². The average Bonchev–Trinajstić information content (AvgIpc) is 3.02. The molecule has 2 bridgehead atoms. The SMILES string of the molecule is COc1cc(Cl)ccc1OCCCc1ccc(C2=C(C(=O)N(C)CCc3ccccc3)[C@H]3CN(C(C)=O)C[C@@H](C2)N3)cc1. The summed E-state index contributed by atoms with van der Waals surface area (Å²) >= 11 is 6.05. The van der Waals surface area contributed by atoms with Crippen molar-refractivity contribution in [2.24, 2.45) is 0 Å². The number of nitrogens with zero attached hydrogens (tertiary/aromatic N) is 2. The summed E-state index contributed by atoms with van der Waals surface area (Å²) in [5.74, 6) is 1.37. The van der Waals surface area contributed by atoms with Gasteiger partial charge in [-0.25, -0.2) is 0 Å². The number of benzene rings is 3. The Morgan fingerprint density at radius 1 is 0.977 bits per heavy atom. The predicted molar refractivity (Wildman–Crippen MR) is 171 cm³/mol. The molecule has 43 heavy (non-hydrogen) atoms. The lowest BCUT2D eigenvalue weighted by molar-refractivity contribution is -0.132. The van der Waals surface area contributed by atoms with E-state index < -0.39 is 0 Å². The molecule has 0 aliphatic carbocycles. The third-order valence-corrected chi connectivity index (χ3v) is 8.54. The van der Waals surface area contributed by atoms with Gasteiger partial charge in [-0.2, -0.15) is 0 Å². The zero-order valence-electron chi connectivity index (χ0n) is 25.1. The predicted octanol–water partition coefficient (Wildman–Crippen LogP) is 5.41. The largest absolute Gasteiger partial charge is 0.493 e. The van der Waals surface area contributed by atoms with E-state index in [1.165, 1.54) is 11.1 Å². The van der Waals surface area contributed by atoms with Crippen molar-refractivity contribution in [3.8, 4) is 11.5 Å². The molecule has 0 saturated carbocycles. The Kier molecular flexibility index (Phi) is 10.1. The highest BCUT2D eigenvalue weighted by atomic mass is 35.5. The number of nitrogens with one attached hydrogen (secondary N) is 1. The van der Waals surface area contributed by atoms with Gasteiger partial charge in [0.2, 0.25) is 5.91 Å². The fourth-order valence-corrected chi connectivity index (χ4v) is 6.13. The van der Waals surface area contributed by atoms with E-state index in [4.69, 9.17) is 21.1 Å². The van der Waals surface area contributed by atoms with Crippen LogP contribution in [0.25, 0.3) is 5.57 Å². The van der Waals surface area contributed by atoms with Gasteiger partial charge in [-0.3, -0.25) is 9.59 Å². The van der Waals surface area contributed by atoms with Crippen LogP contribution in [0.1, 0.15) is 36.5 Å². The number of halogens is 1. The van der Waals surface area contributed by atoms with E-state index in [9.17, 15) is 9.59 Å². The maximum Gasteiger partial charge on any atom is 0.251 e. The Balaban J connectivity index is 1.29. The quantitative estimate of drug-likeness (QED) is 0.298. The van der Waals surface area contributed by atoms with Gasteiger partial charge >= 0.3 is 0 Å². The monoisotopic (exact) mass is 601 g/mol. The van der Waals surface area contributed by atoms with E-state index in [1.54, 1.807) is 26.2 Å². The summed E-state index contributed by atoms with van der Waals surface area (Å²) in [4.78, 5) is 30.0. The normalized spacial score (nSPS) is 17.9. The van der Waals surface area contributed by atoms with Gasteiger partial charge in [0.25, 0.3) is 5.91 Å². The number of piperazine rings is 1. The second kappa shape index (κ2) is 14.1. The maximum atomic E-state index is 14.0. The van der Waals surface area contributed by atoms with Crippen LogP contribution in [-0.2, 0) is 22.4 Å². The van der Waals surface area contributed by atoms with Crippen molar-refractivity contribution in [1.82, 2.24) is 15.1 Å². The summed E-state index contributed by atoms with van der Waals surface area (Å²) in [6.07, 6.45) is 3.20. The van der Waals surface area contributed by atoms with Gasteiger partial charge in [-0.15, -0.1) is 0 Å². The van der Waals surface area contributed by atoms with Crippen molar-refractivity contribution >= 4 is 29.0 Å². The number of hydrogen-bond acceptors (Lipinski definition) is 5. The minimum absolute atomic E-state index is 0.0196. The first-order chi connectivity index (χ1) is 20.8. The van der Waals surface area contributed by atoms with Crippen molar-refractivity contribution in [1.29, 1.82) is 0 Å². The molecule has 2 aliphatic rings. The molecule has 2 amide bonds. The van der Waals surface area contributed by atoms with Gasteiger partial charge in [0.05, 0.1) is 19.8 Å². The lowest BCUT2D eigenvalue weighted by Gasteiger charge is -2.44. The number of hydrogen-bond donors (Lipinski definition) is 1. The first-order valence-electron chi connectivity index (χ1n) is 14.9. The highest BCUT2D eigenvalue weighted by Crippen LogP contribution is 2.34. The van der Waals surface area contributed by atoms with Crippen LogP contribution in [0.15, 0.2) is 78.4 Å². The Morgan fingerprint density at radius 2 is 1.72 bits per heavy atom. The van der Waals surface area contributed by atoms with E-state index >= 15 is 0 Å². The summed E-state index contributed by atoms with van der Waals surface area (Å²) in [7, 11) is 3.48. The molecule has 1 N–H and O–H groups in total. The lowest BCUT2D eigenvalue weighted by Crippen LogP contribution is -2.61. The number of amides is 2. The maximum absolute atomic E-state index is 14.0. The van der Waals surface area contributed by atoms with Crippen molar-refractivity contribution in [2.45, 2.75) is 44.7 Å². The van der Waals surface area contributed by atoms with Crippen molar-refractivity contribution in [3.05, 3.63) is 100 Å². The summed E-state index contributed by atoms with van der Waals surface area (Å²) in [6.45, 7) is 3.93. The Hall–Kier alpha value is -3.81. The molecule has 226 valence electrons. The summed E-state index contributed by atoms with van der Waals surface area (Å²) < 4.78 is 11.3. The molecule has 0 unspecified atom stereocenters. The molecule has 7 nitrogen and oxygen atoms in total. The van der Waals surface area contributed by atoms with Crippen LogP contribution in [0.4, 0.5) is 0 Å². The molecular weight excluding hydrogens is 562 g/mol. The van der Waals surface area contributed by atoms with Gasteiger partial charge in [0.15, 0.2) is 11.5 Å². The molecule has 2 heterocycles. The molecule has 5 rings (SSSR count). The van der Waals surface area contributed by atoms with Crippen molar-refractivity contribution in [2.75, 3.05) is 40.4 Å². The summed E-state index contributed by atoms with van der Waals surface area (Å²) in [5, 5.41) is 4.25. The Bertz CT molecular complexity index is 1460. The van der Waals surface area contributed by atoms with E-state index in [-0.39, 0.29) is 23.9 Å². The molecule has 8 heteroatoms. The van der Waals surface area contributed by atoms with Gasteiger partial charge in [-0.05, 0) is 60.1 Å². The number of ether oxygens (including phenoxy) is 2. The summed E-state index contributed by atoms with van der Waals surface area (Å²) in [6, 6.07) is 24.1. The standard InChI is InChI=1S/C35H40ClN3O4/c1-24(40)39-22-29-21-30(34(31(23-39)37-29)35(41)38(2)18-17-25-8-5-4-6-9-25)27-13-11-26(12-14-27)10-7-19-43-32-16-15-28(36)20-33(32)42-3/h4-6,8-9,11-16,20,29,31,37H,7,10,17-19,21-23H2,1-3H3/t29-,31-/m1/s1. The number of aryl methyl sites for hydroxylation is 1. The molecule has 1 fully saturated rings. The van der Waals surface area contributed by atoms with Crippen LogP contribution < -0.4 is 14.8 Å². The van der Waals surface area contributed by atoms with Crippen LogP contribution in [0.5, 0.6) is 11.5 Å². The van der Waals surface area contributed by atoms with E-state index in [2.05, 4.69) is 41.7 Å². The van der Waals surface area contributed by atoms with E-state index in [0.29, 0.717) is 49.2 Å². The first-order valence-corrected chi connectivity index (χ1v) is 15.3.